The van der Waals surface area contributed by atoms with Gasteiger partial charge in [-0.05, 0) is 36.9 Å². The summed E-state index contributed by atoms with van der Waals surface area (Å²) in [5, 5.41) is 16.6. The fourth-order valence-electron chi connectivity index (χ4n) is 1.89. The van der Waals surface area contributed by atoms with Gasteiger partial charge in [0.25, 0.3) is 5.91 Å². The molecular weight excluding hydrogens is 262 g/mol. The summed E-state index contributed by atoms with van der Waals surface area (Å²) < 4.78 is 5.13. The summed E-state index contributed by atoms with van der Waals surface area (Å²) in [5.74, 6) is 0.422. The average Bonchev–Trinajstić information content (AvgIpc) is 2.98. The summed E-state index contributed by atoms with van der Waals surface area (Å²) in [6.45, 7) is 3.78. The van der Waals surface area contributed by atoms with Crippen LogP contribution in [0.25, 0.3) is 0 Å². The molecule has 2 aromatic rings. The van der Waals surface area contributed by atoms with E-state index in [0.717, 1.165) is 5.56 Å². The van der Waals surface area contributed by atoms with Crippen molar-refractivity contribution in [2.24, 2.45) is 0 Å². The molecule has 1 amide bonds. The van der Waals surface area contributed by atoms with Crippen LogP contribution < -0.4 is 5.32 Å². The highest BCUT2D eigenvalue weighted by molar-refractivity contribution is 7.08. The standard InChI is InChI=1S/C14H17NO3S/c1-9-7-19-8-11(9)14(17)15-10(2)6-12(16)13-4-3-5-18-13/h3-5,7-8,10,12,16H,6H2,1-2H3,(H,15,17)/t10-,12-/m0/s1. The van der Waals surface area contributed by atoms with Crippen LogP contribution in [-0.2, 0) is 0 Å². The summed E-state index contributed by atoms with van der Waals surface area (Å²) in [7, 11) is 0. The van der Waals surface area contributed by atoms with Gasteiger partial charge < -0.3 is 14.8 Å². The molecule has 0 aliphatic carbocycles. The van der Waals surface area contributed by atoms with E-state index in [1.165, 1.54) is 17.6 Å². The van der Waals surface area contributed by atoms with Crippen LogP contribution >= 0.6 is 11.3 Å². The number of aliphatic hydroxyl groups excluding tert-OH is 1. The predicted octanol–water partition coefficient (Wildman–Crippen LogP) is 2.89. The summed E-state index contributed by atoms with van der Waals surface area (Å²) in [5.41, 5.74) is 1.67. The van der Waals surface area contributed by atoms with Gasteiger partial charge in [-0.3, -0.25) is 4.79 Å². The first kappa shape index (κ1) is 13.8. The first-order valence-corrected chi connectivity index (χ1v) is 7.07. The van der Waals surface area contributed by atoms with Crippen molar-refractivity contribution in [2.45, 2.75) is 32.4 Å². The summed E-state index contributed by atoms with van der Waals surface area (Å²) in [6, 6.07) is 3.32. The van der Waals surface area contributed by atoms with Crippen LogP contribution in [0.5, 0.6) is 0 Å². The number of aryl methyl sites for hydroxylation is 1. The molecule has 102 valence electrons. The van der Waals surface area contributed by atoms with Crippen molar-refractivity contribution in [1.82, 2.24) is 5.32 Å². The molecule has 2 rings (SSSR count). The number of carbonyl (C=O) groups is 1. The lowest BCUT2D eigenvalue weighted by Crippen LogP contribution is -2.33. The van der Waals surface area contributed by atoms with Crippen molar-refractivity contribution in [3.8, 4) is 0 Å². The molecule has 0 aliphatic rings. The second kappa shape index (κ2) is 6.04. The van der Waals surface area contributed by atoms with Gasteiger partial charge in [0.1, 0.15) is 11.9 Å². The lowest BCUT2D eigenvalue weighted by molar-refractivity contribution is 0.0903. The SMILES string of the molecule is Cc1cscc1C(=O)N[C@@H](C)C[C@H](O)c1ccco1. The first-order chi connectivity index (χ1) is 9.08. The predicted molar refractivity (Wildman–Crippen MR) is 74.3 cm³/mol. The van der Waals surface area contributed by atoms with Crippen LogP contribution in [0, 0.1) is 6.92 Å². The quantitative estimate of drug-likeness (QED) is 0.884. The van der Waals surface area contributed by atoms with Crippen LogP contribution in [0.1, 0.15) is 41.1 Å². The van der Waals surface area contributed by atoms with Crippen LogP contribution in [-0.4, -0.2) is 17.1 Å². The lowest BCUT2D eigenvalue weighted by Gasteiger charge is -2.16. The molecule has 0 saturated carbocycles. The highest BCUT2D eigenvalue weighted by Gasteiger charge is 2.18. The molecule has 0 spiro atoms. The Bertz CT molecular complexity index is 533. The molecule has 2 aromatic heterocycles. The molecule has 5 heteroatoms. The molecule has 2 atom stereocenters. The van der Waals surface area contributed by atoms with Crippen LogP contribution in [0.2, 0.25) is 0 Å². The molecule has 2 N–H and O–H groups in total. The Morgan fingerprint density at radius 2 is 2.32 bits per heavy atom. The minimum absolute atomic E-state index is 0.0992. The first-order valence-electron chi connectivity index (χ1n) is 6.13. The third-order valence-electron chi connectivity index (χ3n) is 2.93. The summed E-state index contributed by atoms with van der Waals surface area (Å²) in [4.78, 5) is 12.0. The zero-order valence-electron chi connectivity index (χ0n) is 10.9. The third-order valence-corrected chi connectivity index (χ3v) is 3.79. The molecule has 2 heterocycles. The van der Waals surface area contributed by atoms with Crippen LogP contribution in [0.4, 0.5) is 0 Å². The highest BCUT2D eigenvalue weighted by atomic mass is 32.1. The number of aliphatic hydroxyl groups is 1. The highest BCUT2D eigenvalue weighted by Crippen LogP contribution is 2.19. The summed E-state index contributed by atoms with van der Waals surface area (Å²) >= 11 is 1.51. The fraction of sp³-hybridized carbons (Fsp3) is 0.357. The number of amides is 1. The van der Waals surface area contributed by atoms with Crippen LogP contribution in [0.3, 0.4) is 0 Å². The van der Waals surface area contributed by atoms with Crippen molar-refractivity contribution in [3.05, 3.63) is 46.0 Å². The topological polar surface area (TPSA) is 62.5 Å². The van der Waals surface area contributed by atoms with Gasteiger partial charge in [-0.2, -0.15) is 11.3 Å². The molecule has 0 saturated heterocycles. The maximum atomic E-state index is 12.0. The second-order valence-electron chi connectivity index (χ2n) is 4.61. The van der Waals surface area contributed by atoms with Crippen molar-refractivity contribution >= 4 is 17.2 Å². The Balaban J connectivity index is 1.89. The minimum atomic E-state index is -0.700. The van der Waals surface area contributed by atoms with E-state index in [4.69, 9.17) is 4.42 Å². The van der Waals surface area contributed by atoms with Crippen LogP contribution in [0.15, 0.2) is 33.6 Å². The Hall–Kier alpha value is -1.59. The molecule has 0 bridgehead atoms. The largest absolute Gasteiger partial charge is 0.467 e. The molecule has 0 aromatic carbocycles. The second-order valence-corrected chi connectivity index (χ2v) is 5.35. The zero-order valence-corrected chi connectivity index (χ0v) is 11.7. The minimum Gasteiger partial charge on any atom is -0.467 e. The van der Waals surface area contributed by atoms with E-state index < -0.39 is 6.10 Å². The molecule has 4 nitrogen and oxygen atoms in total. The Morgan fingerprint density at radius 3 is 2.89 bits per heavy atom. The van der Waals surface area contributed by atoms with E-state index in [2.05, 4.69) is 5.32 Å². The molecule has 0 aliphatic heterocycles. The normalized spacial score (nSPS) is 14.1. The Morgan fingerprint density at radius 1 is 1.53 bits per heavy atom. The maximum Gasteiger partial charge on any atom is 0.252 e. The maximum absolute atomic E-state index is 12.0. The van der Waals surface area contributed by atoms with Gasteiger partial charge >= 0.3 is 0 Å². The van der Waals surface area contributed by atoms with Gasteiger partial charge in [-0.1, -0.05) is 0 Å². The van der Waals surface area contributed by atoms with Crippen molar-refractivity contribution < 1.29 is 14.3 Å². The average molecular weight is 279 g/mol. The van der Waals surface area contributed by atoms with Gasteiger partial charge in [-0.25, -0.2) is 0 Å². The van der Waals surface area contributed by atoms with Gasteiger partial charge in [0.2, 0.25) is 0 Å². The third kappa shape index (κ3) is 3.45. The number of hydrogen-bond acceptors (Lipinski definition) is 4. The monoisotopic (exact) mass is 279 g/mol. The zero-order chi connectivity index (χ0) is 13.8. The molecule has 0 radical (unpaired) electrons. The number of nitrogens with one attached hydrogen (secondary N) is 1. The van der Waals surface area contributed by atoms with E-state index >= 15 is 0 Å². The number of furan rings is 1. The van der Waals surface area contributed by atoms with E-state index in [1.807, 2.05) is 24.6 Å². The number of hydrogen-bond donors (Lipinski definition) is 2. The Labute approximate surface area is 116 Å². The van der Waals surface area contributed by atoms with E-state index in [1.54, 1.807) is 12.1 Å². The van der Waals surface area contributed by atoms with E-state index in [9.17, 15) is 9.90 Å². The van der Waals surface area contributed by atoms with Gasteiger partial charge in [0, 0.05) is 17.8 Å². The van der Waals surface area contributed by atoms with E-state index in [0.29, 0.717) is 17.7 Å². The van der Waals surface area contributed by atoms with Gasteiger partial charge in [0.15, 0.2) is 0 Å². The van der Waals surface area contributed by atoms with E-state index in [-0.39, 0.29) is 11.9 Å². The molecular formula is C14H17NO3S. The number of carbonyl (C=O) groups excluding carboxylic acids is 1. The number of rotatable bonds is 5. The molecule has 19 heavy (non-hydrogen) atoms. The van der Waals surface area contributed by atoms with Gasteiger partial charge in [-0.15, -0.1) is 0 Å². The molecule has 0 fully saturated rings. The van der Waals surface area contributed by atoms with Crippen molar-refractivity contribution in [2.75, 3.05) is 0 Å². The molecule has 0 unspecified atom stereocenters. The number of thiophene rings is 1. The smallest absolute Gasteiger partial charge is 0.252 e. The van der Waals surface area contributed by atoms with Gasteiger partial charge in [0.05, 0.1) is 11.8 Å². The fourth-order valence-corrected chi connectivity index (χ4v) is 2.71. The summed E-state index contributed by atoms with van der Waals surface area (Å²) in [6.07, 6.45) is 1.24. The lowest BCUT2D eigenvalue weighted by atomic mass is 10.1. The van der Waals surface area contributed by atoms with Crippen molar-refractivity contribution in [3.63, 3.8) is 0 Å². The Kier molecular flexibility index (Phi) is 4.39. The van der Waals surface area contributed by atoms with Crippen molar-refractivity contribution in [1.29, 1.82) is 0 Å².